The van der Waals surface area contributed by atoms with E-state index in [1.165, 1.54) is 39.3 Å². The number of methoxy groups -OCH3 is 2. The molecular formula is C25H21FN2O6S. The van der Waals surface area contributed by atoms with E-state index in [0.717, 1.165) is 12.1 Å². The van der Waals surface area contributed by atoms with E-state index in [1.807, 2.05) is 0 Å². The second-order valence-electron chi connectivity index (χ2n) is 7.69. The van der Waals surface area contributed by atoms with Crippen molar-refractivity contribution < 1.29 is 31.2 Å². The summed E-state index contributed by atoms with van der Waals surface area (Å²) in [6.45, 7) is 1.46. The first-order chi connectivity index (χ1) is 16.7. The number of benzene rings is 3. The minimum atomic E-state index is -4.24. The highest BCUT2D eigenvalue weighted by Crippen LogP contribution is 2.45. The Morgan fingerprint density at radius 2 is 1.77 bits per heavy atom. The number of rotatable bonds is 6. The third-order valence-corrected chi connectivity index (χ3v) is 6.80. The van der Waals surface area contributed by atoms with E-state index in [9.17, 15) is 18.1 Å². The maximum Gasteiger partial charge on any atom is 0.339 e. The van der Waals surface area contributed by atoms with E-state index in [1.54, 1.807) is 24.3 Å². The maximum atomic E-state index is 13.6. The molecule has 35 heavy (non-hydrogen) atoms. The molecule has 0 aromatic heterocycles. The largest absolute Gasteiger partial charge is 0.493 e. The van der Waals surface area contributed by atoms with Crippen LogP contribution in [0.3, 0.4) is 0 Å². The van der Waals surface area contributed by atoms with Crippen molar-refractivity contribution in [3.05, 3.63) is 88.6 Å². The Morgan fingerprint density at radius 3 is 2.43 bits per heavy atom. The molecule has 0 saturated heterocycles. The van der Waals surface area contributed by atoms with Crippen LogP contribution in [-0.4, -0.2) is 22.6 Å². The Bertz CT molecular complexity index is 1490. The van der Waals surface area contributed by atoms with Gasteiger partial charge in [0.1, 0.15) is 33.9 Å². The quantitative estimate of drug-likeness (QED) is 0.506. The van der Waals surface area contributed by atoms with Crippen LogP contribution in [0.5, 0.6) is 23.0 Å². The maximum absolute atomic E-state index is 13.6. The minimum Gasteiger partial charge on any atom is -0.493 e. The fourth-order valence-corrected chi connectivity index (χ4v) is 4.82. The molecule has 0 amide bonds. The third kappa shape index (κ3) is 4.46. The van der Waals surface area contributed by atoms with Crippen LogP contribution in [0.15, 0.2) is 70.9 Å². The van der Waals surface area contributed by atoms with Gasteiger partial charge in [-0.05, 0) is 54.4 Å². The lowest BCUT2D eigenvalue weighted by Gasteiger charge is -2.27. The number of nitrogens with zero attached hydrogens (tertiary/aromatic N) is 1. The predicted octanol–water partition coefficient (Wildman–Crippen LogP) is 4.14. The predicted molar refractivity (Wildman–Crippen MR) is 124 cm³/mol. The van der Waals surface area contributed by atoms with Gasteiger partial charge in [-0.3, -0.25) is 0 Å². The zero-order valence-corrected chi connectivity index (χ0v) is 19.9. The topological polar surface area (TPSA) is 121 Å². The van der Waals surface area contributed by atoms with Crippen LogP contribution in [0.1, 0.15) is 22.6 Å². The highest BCUT2D eigenvalue weighted by Gasteiger charge is 2.32. The molecule has 0 bridgehead atoms. The van der Waals surface area contributed by atoms with Crippen molar-refractivity contribution in [2.75, 3.05) is 14.2 Å². The van der Waals surface area contributed by atoms with E-state index < -0.39 is 21.9 Å². The van der Waals surface area contributed by atoms with Gasteiger partial charge in [-0.2, -0.15) is 13.7 Å². The average molecular weight is 497 g/mol. The standard InChI is InChI=1S/C25H21FN2O6S/c1-14-10-17(6-8-20(14)26)35(29,30)34-16-5-7-18-22(12-16)33-25(28)19(13-27)24(18)15-4-9-21(31-2)23(11-15)32-3/h4-12,24H,28H2,1-3H3. The number of halogens is 1. The highest BCUT2D eigenvalue weighted by atomic mass is 32.2. The molecule has 1 unspecified atom stereocenters. The number of hydrogen-bond acceptors (Lipinski definition) is 8. The first-order valence-electron chi connectivity index (χ1n) is 10.3. The van der Waals surface area contributed by atoms with Crippen molar-refractivity contribution in [1.29, 1.82) is 5.26 Å². The normalized spacial score (nSPS) is 15.0. The van der Waals surface area contributed by atoms with Crippen LogP contribution >= 0.6 is 0 Å². The van der Waals surface area contributed by atoms with Crippen LogP contribution in [0.25, 0.3) is 0 Å². The molecule has 0 spiro atoms. The van der Waals surface area contributed by atoms with Crippen molar-refractivity contribution in [2.24, 2.45) is 5.73 Å². The van der Waals surface area contributed by atoms with Crippen molar-refractivity contribution in [3.63, 3.8) is 0 Å². The Balaban J connectivity index is 1.74. The summed E-state index contributed by atoms with van der Waals surface area (Å²) in [5.41, 5.74) is 7.66. The van der Waals surface area contributed by atoms with Gasteiger partial charge in [0.15, 0.2) is 11.5 Å². The summed E-state index contributed by atoms with van der Waals surface area (Å²) in [5.74, 6) is -0.0707. The van der Waals surface area contributed by atoms with Crippen molar-refractivity contribution in [2.45, 2.75) is 17.7 Å². The highest BCUT2D eigenvalue weighted by molar-refractivity contribution is 7.87. The molecule has 0 aliphatic carbocycles. The van der Waals surface area contributed by atoms with Gasteiger partial charge in [0.2, 0.25) is 5.88 Å². The SMILES string of the molecule is COc1ccc(C2C(C#N)=C(N)Oc3cc(OS(=O)(=O)c4ccc(F)c(C)c4)ccc32)cc1OC. The van der Waals surface area contributed by atoms with Crippen LogP contribution in [0.4, 0.5) is 4.39 Å². The molecule has 1 heterocycles. The van der Waals surface area contributed by atoms with Gasteiger partial charge in [-0.15, -0.1) is 0 Å². The summed E-state index contributed by atoms with van der Waals surface area (Å²) in [6, 6.07) is 15.1. The number of hydrogen-bond donors (Lipinski definition) is 1. The molecule has 0 saturated carbocycles. The fraction of sp³-hybridized carbons (Fsp3) is 0.160. The molecule has 0 fully saturated rings. The lowest BCUT2D eigenvalue weighted by atomic mass is 9.83. The molecule has 0 radical (unpaired) electrons. The molecule has 2 N–H and O–H groups in total. The Hall–Kier alpha value is -4.23. The van der Waals surface area contributed by atoms with Gasteiger partial charge in [0, 0.05) is 11.6 Å². The number of nitrogens with two attached hydrogens (primary N) is 1. The van der Waals surface area contributed by atoms with Gasteiger partial charge in [0.25, 0.3) is 0 Å². The van der Waals surface area contributed by atoms with Crippen molar-refractivity contribution in [3.8, 4) is 29.1 Å². The summed E-state index contributed by atoms with van der Waals surface area (Å²) in [6.07, 6.45) is 0. The van der Waals surface area contributed by atoms with Crippen LogP contribution in [0, 0.1) is 24.1 Å². The Labute approximate surface area is 202 Å². The first-order valence-corrected chi connectivity index (χ1v) is 11.7. The summed E-state index contributed by atoms with van der Waals surface area (Å²) in [4.78, 5) is -0.190. The molecule has 1 aliphatic rings. The Kier molecular flexibility index (Phi) is 6.28. The molecule has 3 aromatic carbocycles. The molecule has 10 heteroatoms. The van der Waals surface area contributed by atoms with Gasteiger partial charge >= 0.3 is 10.1 Å². The number of allylic oxidation sites excluding steroid dienone is 1. The number of aryl methyl sites for hydroxylation is 1. The Morgan fingerprint density at radius 1 is 1.03 bits per heavy atom. The smallest absolute Gasteiger partial charge is 0.339 e. The van der Waals surface area contributed by atoms with E-state index in [-0.39, 0.29) is 33.4 Å². The molecule has 4 rings (SSSR count). The van der Waals surface area contributed by atoms with E-state index in [4.69, 9.17) is 24.1 Å². The van der Waals surface area contributed by atoms with Gasteiger partial charge < -0.3 is 24.1 Å². The average Bonchev–Trinajstić information content (AvgIpc) is 2.84. The third-order valence-electron chi connectivity index (χ3n) is 5.56. The second kappa shape index (κ2) is 9.19. The fourth-order valence-electron chi connectivity index (χ4n) is 3.81. The summed E-state index contributed by atoms with van der Waals surface area (Å²) in [5, 5.41) is 9.77. The molecule has 8 nitrogen and oxygen atoms in total. The summed E-state index contributed by atoms with van der Waals surface area (Å²) >= 11 is 0. The van der Waals surface area contributed by atoms with Crippen LogP contribution in [-0.2, 0) is 10.1 Å². The van der Waals surface area contributed by atoms with Gasteiger partial charge in [-0.1, -0.05) is 12.1 Å². The van der Waals surface area contributed by atoms with Crippen molar-refractivity contribution >= 4 is 10.1 Å². The van der Waals surface area contributed by atoms with Gasteiger partial charge in [0.05, 0.1) is 20.1 Å². The van der Waals surface area contributed by atoms with Crippen LogP contribution < -0.4 is 24.1 Å². The lowest BCUT2D eigenvalue weighted by molar-refractivity contribution is 0.354. The number of fused-ring (bicyclic) bond motifs is 1. The minimum absolute atomic E-state index is 0.0370. The summed E-state index contributed by atoms with van der Waals surface area (Å²) < 4.78 is 60.6. The van der Waals surface area contributed by atoms with E-state index in [0.29, 0.717) is 22.6 Å². The first kappa shape index (κ1) is 23.9. The molecule has 180 valence electrons. The molecule has 1 aliphatic heterocycles. The van der Waals surface area contributed by atoms with E-state index in [2.05, 4.69) is 6.07 Å². The monoisotopic (exact) mass is 496 g/mol. The number of nitriles is 1. The molecule has 1 atom stereocenters. The molecular weight excluding hydrogens is 475 g/mol. The second-order valence-corrected chi connectivity index (χ2v) is 9.23. The van der Waals surface area contributed by atoms with Crippen LogP contribution in [0.2, 0.25) is 0 Å². The zero-order chi connectivity index (χ0) is 25.3. The van der Waals surface area contributed by atoms with Gasteiger partial charge in [-0.25, -0.2) is 4.39 Å². The summed E-state index contributed by atoms with van der Waals surface area (Å²) in [7, 11) is -1.22. The lowest BCUT2D eigenvalue weighted by Crippen LogP contribution is -2.21. The van der Waals surface area contributed by atoms with E-state index >= 15 is 0 Å². The zero-order valence-electron chi connectivity index (χ0n) is 19.0. The number of ether oxygens (including phenoxy) is 3. The van der Waals surface area contributed by atoms with Crippen molar-refractivity contribution in [1.82, 2.24) is 0 Å². The molecule has 3 aromatic rings.